The highest BCUT2D eigenvalue weighted by Gasteiger charge is 2.34. The minimum absolute atomic E-state index is 0.464. The first kappa shape index (κ1) is 11.4. The molecule has 0 aromatic rings. The molecule has 0 saturated carbocycles. The number of hydrogen-bond acceptors (Lipinski definition) is 3. The molecule has 77 valence electrons. The van der Waals surface area contributed by atoms with Gasteiger partial charge in [-0.15, -0.1) is 0 Å². The molecular formula is C8H19O3Si2. The molecule has 0 aromatic heterocycles. The quantitative estimate of drug-likeness (QED) is 0.584. The van der Waals surface area contributed by atoms with E-state index < -0.39 is 23.4 Å². The van der Waals surface area contributed by atoms with Crippen LogP contribution in [0.15, 0.2) is 0 Å². The number of rotatable bonds is 0. The van der Waals surface area contributed by atoms with Crippen LogP contribution in [-0.4, -0.2) is 30.0 Å². The molecule has 0 aliphatic carbocycles. The minimum Gasteiger partial charge on any atom is -0.435 e. The van der Waals surface area contributed by atoms with Gasteiger partial charge in [0.25, 0.3) is 0 Å². The molecule has 0 atom stereocenters. The second-order valence-corrected chi connectivity index (χ2v) is 10.5. The molecule has 0 aromatic carbocycles. The van der Waals surface area contributed by atoms with Gasteiger partial charge in [-0.3, -0.25) is 0 Å². The van der Waals surface area contributed by atoms with Crippen LogP contribution in [0.4, 0.5) is 0 Å². The highest BCUT2D eigenvalue weighted by molar-refractivity contribution is 6.76. The van der Waals surface area contributed by atoms with Gasteiger partial charge in [0.1, 0.15) is 0 Å². The minimum atomic E-state index is -1.50. The normalized spacial score (nSPS) is 29.3. The fourth-order valence-electron chi connectivity index (χ4n) is 1.38. The second kappa shape index (κ2) is 3.82. The third kappa shape index (κ3) is 3.91. The van der Waals surface area contributed by atoms with Crippen molar-refractivity contribution in [3.05, 3.63) is 0 Å². The van der Waals surface area contributed by atoms with Crippen molar-refractivity contribution in [2.45, 2.75) is 45.3 Å². The van der Waals surface area contributed by atoms with Gasteiger partial charge in [-0.1, -0.05) is 0 Å². The molecule has 0 amide bonds. The van der Waals surface area contributed by atoms with Crippen LogP contribution in [0.3, 0.4) is 0 Å². The first-order valence-corrected chi connectivity index (χ1v) is 9.59. The van der Waals surface area contributed by atoms with Crippen LogP contribution in [0.5, 0.6) is 0 Å². The SMILES string of the molecule is C[Si]1OC(C)(C)OCC[Si](C)(C)O1. The van der Waals surface area contributed by atoms with Crippen molar-refractivity contribution in [1.82, 2.24) is 0 Å². The summed E-state index contributed by atoms with van der Waals surface area (Å²) in [4.78, 5) is 0. The molecule has 0 bridgehead atoms. The van der Waals surface area contributed by atoms with Gasteiger partial charge in [0, 0.05) is 6.61 Å². The molecule has 3 nitrogen and oxygen atoms in total. The predicted octanol–water partition coefficient (Wildman–Crippen LogP) is 2.11. The van der Waals surface area contributed by atoms with E-state index in [-0.39, 0.29) is 0 Å². The molecule has 1 aliphatic heterocycles. The van der Waals surface area contributed by atoms with Crippen LogP contribution in [0.1, 0.15) is 13.8 Å². The van der Waals surface area contributed by atoms with Crippen molar-refractivity contribution in [1.29, 1.82) is 0 Å². The van der Waals surface area contributed by atoms with Crippen molar-refractivity contribution in [2.24, 2.45) is 0 Å². The third-order valence-corrected chi connectivity index (χ3v) is 7.51. The summed E-state index contributed by atoms with van der Waals surface area (Å²) >= 11 is 0. The summed E-state index contributed by atoms with van der Waals surface area (Å²) in [5.41, 5.74) is 0. The lowest BCUT2D eigenvalue weighted by Crippen LogP contribution is -2.47. The Labute approximate surface area is 83.4 Å². The molecule has 1 saturated heterocycles. The molecular weight excluding hydrogens is 200 g/mol. The summed E-state index contributed by atoms with van der Waals surface area (Å²) < 4.78 is 17.3. The van der Waals surface area contributed by atoms with Gasteiger partial charge in [0.2, 0.25) is 0 Å². The van der Waals surface area contributed by atoms with E-state index in [9.17, 15) is 0 Å². The Balaban J connectivity index is 2.59. The third-order valence-electron chi connectivity index (χ3n) is 1.96. The fraction of sp³-hybridized carbons (Fsp3) is 1.00. The van der Waals surface area contributed by atoms with Gasteiger partial charge in [-0.25, -0.2) is 0 Å². The molecule has 13 heavy (non-hydrogen) atoms. The molecule has 0 unspecified atom stereocenters. The van der Waals surface area contributed by atoms with E-state index in [1.54, 1.807) is 0 Å². The Morgan fingerprint density at radius 1 is 1.31 bits per heavy atom. The molecule has 0 N–H and O–H groups in total. The van der Waals surface area contributed by atoms with Crippen molar-refractivity contribution >= 4 is 17.6 Å². The van der Waals surface area contributed by atoms with Gasteiger partial charge in [-0.2, -0.15) is 0 Å². The molecule has 1 fully saturated rings. The Bertz CT molecular complexity index is 164. The van der Waals surface area contributed by atoms with E-state index in [0.717, 1.165) is 12.7 Å². The van der Waals surface area contributed by atoms with Crippen molar-refractivity contribution < 1.29 is 13.3 Å². The van der Waals surface area contributed by atoms with E-state index in [1.807, 2.05) is 20.4 Å². The highest BCUT2D eigenvalue weighted by Crippen LogP contribution is 2.22. The molecule has 0 spiro atoms. The number of hydrogen-bond donors (Lipinski definition) is 0. The largest absolute Gasteiger partial charge is 0.435 e. The van der Waals surface area contributed by atoms with Crippen molar-refractivity contribution in [3.8, 4) is 0 Å². The predicted molar refractivity (Wildman–Crippen MR) is 56.1 cm³/mol. The molecule has 1 rings (SSSR count). The Kier molecular flexibility index (Phi) is 3.35. The van der Waals surface area contributed by atoms with Crippen LogP contribution in [0.25, 0.3) is 0 Å². The van der Waals surface area contributed by atoms with Crippen LogP contribution in [0.2, 0.25) is 25.7 Å². The second-order valence-electron chi connectivity index (χ2n) is 4.45. The van der Waals surface area contributed by atoms with Gasteiger partial charge < -0.3 is 13.3 Å². The maximum Gasteiger partial charge on any atom is 0.372 e. The maximum absolute atomic E-state index is 5.95. The summed E-state index contributed by atoms with van der Waals surface area (Å²) in [6.07, 6.45) is 0. The van der Waals surface area contributed by atoms with Gasteiger partial charge in [-0.05, 0) is 39.5 Å². The van der Waals surface area contributed by atoms with E-state index in [1.165, 1.54) is 0 Å². The Morgan fingerprint density at radius 2 is 1.92 bits per heavy atom. The monoisotopic (exact) mass is 219 g/mol. The van der Waals surface area contributed by atoms with E-state index >= 15 is 0 Å². The Hall–Kier alpha value is 0.314. The lowest BCUT2D eigenvalue weighted by molar-refractivity contribution is -0.164. The van der Waals surface area contributed by atoms with Crippen molar-refractivity contribution in [2.75, 3.05) is 6.61 Å². The van der Waals surface area contributed by atoms with E-state index in [2.05, 4.69) is 13.1 Å². The average Bonchev–Trinajstić information content (AvgIpc) is 1.79. The molecule has 5 heteroatoms. The Morgan fingerprint density at radius 3 is 2.54 bits per heavy atom. The van der Waals surface area contributed by atoms with Crippen LogP contribution in [-0.2, 0) is 13.3 Å². The van der Waals surface area contributed by atoms with Gasteiger partial charge in [0.15, 0.2) is 14.1 Å². The topological polar surface area (TPSA) is 27.7 Å². The molecule has 1 radical (unpaired) electrons. The smallest absolute Gasteiger partial charge is 0.372 e. The first-order chi connectivity index (χ1) is 5.81. The summed E-state index contributed by atoms with van der Waals surface area (Å²) in [5, 5.41) is 0. The van der Waals surface area contributed by atoms with Gasteiger partial charge in [0.05, 0.1) is 0 Å². The van der Waals surface area contributed by atoms with Crippen LogP contribution >= 0.6 is 0 Å². The summed E-state index contributed by atoms with van der Waals surface area (Å²) in [6.45, 7) is 11.1. The number of ether oxygens (including phenoxy) is 1. The highest BCUT2D eigenvalue weighted by atomic mass is 28.4. The first-order valence-electron chi connectivity index (χ1n) is 4.66. The summed E-state index contributed by atoms with van der Waals surface area (Å²) in [7, 11) is -2.63. The average molecular weight is 219 g/mol. The molecule has 1 heterocycles. The van der Waals surface area contributed by atoms with E-state index in [0.29, 0.717) is 0 Å². The lowest BCUT2D eigenvalue weighted by atomic mass is 10.4. The summed E-state index contributed by atoms with van der Waals surface area (Å²) in [5.74, 6) is -0.464. The van der Waals surface area contributed by atoms with Gasteiger partial charge >= 0.3 is 9.28 Å². The summed E-state index contributed by atoms with van der Waals surface area (Å²) in [6, 6.07) is 1.06. The van der Waals surface area contributed by atoms with E-state index in [4.69, 9.17) is 13.3 Å². The standard InChI is InChI=1S/C8H19O3Si2/c1-8(2)9-6-7-13(4,5)11-12(3)10-8/h6-7H2,1-5H3. The zero-order chi connectivity index (χ0) is 10.1. The maximum atomic E-state index is 5.95. The fourth-order valence-corrected chi connectivity index (χ4v) is 6.41. The van der Waals surface area contributed by atoms with Crippen LogP contribution in [0, 0.1) is 0 Å². The molecule has 1 aliphatic rings. The lowest BCUT2D eigenvalue weighted by Gasteiger charge is -2.36. The zero-order valence-corrected chi connectivity index (χ0v) is 11.1. The van der Waals surface area contributed by atoms with Crippen LogP contribution < -0.4 is 0 Å². The van der Waals surface area contributed by atoms with Crippen molar-refractivity contribution in [3.63, 3.8) is 0 Å². The zero-order valence-electron chi connectivity index (χ0n) is 9.14.